The van der Waals surface area contributed by atoms with Crippen molar-refractivity contribution in [1.29, 1.82) is 0 Å². The molecule has 1 aliphatic carbocycles. The molecule has 0 radical (unpaired) electrons. The van der Waals surface area contributed by atoms with Crippen molar-refractivity contribution < 1.29 is 19.1 Å². The zero-order valence-corrected chi connectivity index (χ0v) is 17.3. The maximum atomic E-state index is 13.3. The van der Waals surface area contributed by atoms with E-state index in [1.165, 1.54) is 18.3 Å². The van der Waals surface area contributed by atoms with Crippen molar-refractivity contribution >= 4 is 34.3 Å². The number of halogens is 2. The first-order valence-electron chi connectivity index (χ1n) is 10.1. The van der Waals surface area contributed by atoms with Crippen LogP contribution in [0.5, 0.6) is 0 Å². The molecule has 0 spiro atoms. The molecule has 0 bridgehead atoms. The molecule has 4 rings (SSSR count). The highest BCUT2D eigenvalue weighted by Crippen LogP contribution is 2.20. The van der Waals surface area contributed by atoms with E-state index < -0.39 is 24.0 Å². The number of benzene rings is 1. The molecule has 0 saturated heterocycles. The molecule has 3 aromatic rings. The summed E-state index contributed by atoms with van der Waals surface area (Å²) in [5.74, 6) is -1.25. The normalized spacial score (nSPS) is 19.3. The molecule has 7 nitrogen and oxygen atoms in total. The van der Waals surface area contributed by atoms with Crippen LogP contribution >= 0.6 is 11.6 Å². The van der Waals surface area contributed by atoms with Gasteiger partial charge in [-0.05, 0) is 49.1 Å². The van der Waals surface area contributed by atoms with Crippen molar-refractivity contribution in [3.05, 3.63) is 64.8 Å². The molecule has 3 atom stereocenters. The van der Waals surface area contributed by atoms with Gasteiger partial charge in [-0.25, -0.2) is 9.37 Å². The first kappa shape index (κ1) is 21.3. The lowest BCUT2D eigenvalue weighted by Gasteiger charge is -2.22. The molecule has 2 aromatic heterocycles. The summed E-state index contributed by atoms with van der Waals surface area (Å²) in [6.45, 7) is 0. The van der Waals surface area contributed by atoms with Gasteiger partial charge in [0.25, 0.3) is 5.91 Å². The van der Waals surface area contributed by atoms with Crippen LogP contribution in [0.2, 0.25) is 5.15 Å². The van der Waals surface area contributed by atoms with Crippen molar-refractivity contribution in [1.82, 2.24) is 20.6 Å². The summed E-state index contributed by atoms with van der Waals surface area (Å²) in [7, 11) is 0. The SMILES string of the molecule is O=C(N[C@@H](Cc1ccc(F)cc1)C(=O)NC1CCC[C@H]1O)c1cc2cc(Cl)ncc2[nH]1. The number of nitrogens with one attached hydrogen (secondary N) is 3. The lowest BCUT2D eigenvalue weighted by Crippen LogP contribution is -2.52. The maximum absolute atomic E-state index is 13.3. The summed E-state index contributed by atoms with van der Waals surface area (Å²) in [5.41, 5.74) is 1.60. The number of aliphatic hydroxyl groups excluding tert-OH is 1. The van der Waals surface area contributed by atoms with Crippen LogP contribution in [0.4, 0.5) is 4.39 Å². The second-order valence-electron chi connectivity index (χ2n) is 7.75. The number of rotatable bonds is 6. The van der Waals surface area contributed by atoms with E-state index in [4.69, 9.17) is 11.6 Å². The Morgan fingerprint density at radius 2 is 2.03 bits per heavy atom. The minimum atomic E-state index is -0.904. The number of aromatic nitrogens is 2. The fraction of sp³-hybridized carbons (Fsp3) is 0.318. The molecule has 4 N–H and O–H groups in total. The van der Waals surface area contributed by atoms with Crippen LogP contribution in [0.3, 0.4) is 0 Å². The lowest BCUT2D eigenvalue weighted by molar-refractivity contribution is -0.124. The number of hydrogen-bond donors (Lipinski definition) is 4. The molecular weight excluding hydrogens is 423 g/mol. The van der Waals surface area contributed by atoms with Crippen LogP contribution in [0.15, 0.2) is 42.6 Å². The summed E-state index contributed by atoms with van der Waals surface area (Å²) in [6.07, 6.45) is 3.24. The predicted molar refractivity (Wildman–Crippen MR) is 114 cm³/mol. The summed E-state index contributed by atoms with van der Waals surface area (Å²) < 4.78 is 13.3. The fourth-order valence-corrected chi connectivity index (χ4v) is 3.99. The van der Waals surface area contributed by atoms with Crippen molar-refractivity contribution in [3.63, 3.8) is 0 Å². The number of aliphatic hydroxyl groups is 1. The van der Waals surface area contributed by atoms with E-state index in [1.807, 2.05) is 0 Å². The van der Waals surface area contributed by atoms with Gasteiger partial charge in [0, 0.05) is 11.8 Å². The van der Waals surface area contributed by atoms with Crippen molar-refractivity contribution in [2.75, 3.05) is 0 Å². The maximum Gasteiger partial charge on any atom is 0.268 e. The number of carbonyl (C=O) groups excluding carboxylic acids is 2. The summed E-state index contributed by atoms with van der Waals surface area (Å²) in [4.78, 5) is 32.8. The first-order valence-corrected chi connectivity index (χ1v) is 10.4. The number of hydrogen-bond acceptors (Lipinski definition) is 4. The highest BCUT2D eigenvalue weighted by Gasteiger charge is 2.30. The smallest absolute Gasteiger partial charge is 0.268 e. The zero-order valence-electron chi connectivity index (χ0n) is 16.6. The molecule has 31 heavy (non-hydrogen) atoms. The Morgan fingerprint density at radius 3 is 2.74 bits per heavy atom. The Balaban J connectivity index is 1.53. The van der Waals surface area contributed by atoms with E-state index >= 15 is 0 Å². The number of fused-ring (bicyclic) bond motifs is 1. The molecule has 1 unspecified atom stereocenters. The Kier molecular flexibility index (Phi) is 6.20. The van der Waals surface area contributed by atoms with E-state index in [0.717, 1.165) is 11.8 Å². The van der Waals surface area contributed by atoms with E-state index in [9.17, 15) is 19.1 Å². The molecule has 0 aliphatic heterocycles. The van der Waals surface area contributed by atoms with Crippen molar-refractivity contribution in [2.24, 2.45) is 0 Å². The van der Waals surface area contributed by atoms with Crippen molar-refractivity contribution in [3.8, 4) is 0 Å². The van der Waals surface area contributed by atoms with Gasteiger partial charge in [-0.15, -0.1) is 0 Å². The number of aromatic amines is 1. The number of amides is 2. The highest BCUT2D eigenvalue weighted by molar-refractivity contribution is 6.30. The quantitative estimate of drug-likeness (QED) is 0.438. The number of carbonyl (C=O) groups is 2. The molecular formula is C22H22ClFN4O3. The van der Waals surface area contributed by atoms with Crippen LogP contribution < -0.4 is 10.6 Å². The Morgan fingerprint density at radius 1 is 1.26 bits per heavy atom. The average Bonchev–Trinajstić information content (AvgIpc) is 3.34. The van der Waals surface area contributed by atoms with Gasteiger partial charge in [0.1, 0.15) is 22.7 Å². The second kappa shape index (κ2) is 9.03. The van der Waals surface area contributed by atoms with Crippen molar-refractivity contribution in [2.45, 2.75) is 43.9 Å². The molecule has 1 saturated carbocycles. The third-order valence-corrected chi connectivity index (χ3v) is 5.71. The highest BCUT2D eigenvalue weighted by atomic mass is 35.5. The minimum Gasteiger partial charge on any atom is -0.391 e. The molecule has 9 heteroatoms. The van der Waals surface area contributed by atoms with E-state index in [-0.39, 0.29) is 24.0 Å². The van der Waals surface area contributed by atoms with Gasteiger partial charge in [0.2, 0.25) is 5.91 Å². The first-order chi connectivity index (χ1) is 14.9. The average molecular weight is 445 g/mol. The van der Waals surface area contributed by atoms with Gasteiger partial charge in [0.05, 0.1) is 23.9 Å². The monoisotopic (exact) mass is 444 g/mol. The summed E-state index contributed by atoms with van der Waals surface area (Å²) in [6, 6.07) is 7.77. The molecule has 1 aromatic carbocycles. The second-order valence-corrected chi connectivity index (χ2v) is 8.13. The largest absolute Gasteiger partial charge is 0.391 e. The Hall–Kier alpha value is -2.97. The lowest BCUT2D eigenvalue weighted by atomic mass is 10.0. The van der Waals surface area contributed by atoms with Gasteiger partial charge in [-0.3, -0.25) is 9.59 Å². The molecule has 2 heterocycles. The van der Waals surface area contributed by atoms with Gasteiger partial charge < -0.3 is 20.7 Å². The Bertz CT molecular complexity index is 1100. The third kappa shape index (κ3) is 5.03. The van der Waals surface area contributed by atoms with E-state index in [1.54, 1.807) is 24.3 Å². The van der Waals surface area contributed by atoms with Gasteiger partial charge in [-0.2, -0.15) is 0 Å². The van der Waals surface area contributed by atoms with Crippen LogP contribution in [-0.2, 0) is 11.2 Å². The predicted octanol–water partition coefficient (Wildman–Crippen LogP) is 2.73. The topological polar surface area (TPSA) is 107 Å². The van der Waals surface area contributed by atoms with Crippen LogP contribution in [0.1, 0.15) is 35.3 Å². The van der Waals surface area contributed by atoms with E-state index in [2.05, 4.69) is 20.6 Å². The van der Waals surface area contributed by atoms with E-state index in [0.29, 0.717) is 29.1 Å². The minimum absolute atomic E-state index is 0.175. The number of nitrogens with zero attached hydrogens (tertiary/aromatic N) is 1. The Labute approximate surface area is 183 Å². The number of H-pyrrole nitrogens is 1. The fourth-order valence-electron chi connectivity index (χ4n) is 3.82. The third-order valence-electron chi connectivity index (χ3n) is 5.50. The van der Waals surface area contributed by atoms with Crippen LogP contribution in [0.25, 0.3) is 10.9 Å². The standard InChI is InChI=1S/C22H22ClFN4O3/c23-20-10-13-9-17(26-18(13)11-25-20)22(31)28-16(8-12-4-6-14(24)7-5-12)21(30)27-15-2-1-3-19(15)29/h4-7,9-11,15-16,19,26,29H,1-3,8H2,(H,27,30)(H,28,31)/t15?,16-,19+/m0/s1. The summed E-state index contributed by atoms with van der Waals surface area (Å²) >= 11 is 5.90. The van der Waals surface area contributed by atoms with Gasteiger partial charge in [0.15, 0.2) is 0 Å². The van der Waals surface area contributed by atoms with Crippen LogP contribution in [0, 0.1) is 5.82 Å². The van der Waals surface area contributed by atoms with Gasteiger partial charge in [-0.1, -0.05) is 23.7 Å². The zero-order chi connectivity index (χ0) is 22.0. The molecule has 2 amide bonds. The number of pyridine rings is 1. The molecule has 1 fully saturated rings. The van der Waals surface area contributed by atoms with Crippen LogP contribution in [-0.4, -0.2) is 45.1 Å². The summed E-state index contributed by atoms with van der Waals surface area (Å²) in [5, 5.41) is 16.7. The molecule has 162 valence electrons. The molecule has 1 aliphatic rings. The van der Waals surface area contributed by atoms with Gasteiger partial charge >= 0.3 is 0 Å².